The molecule has 0 bridgehead atoms. The molecule has 0 radical (unpaired) electrons. The van der Waals surface area contributed by atoms with Gasteiger partial charge >= 0.3 is 0 Å². The summed E-state index contributed by atoms with van der Waals surface area (Å²) in [6, 6.07) is 11.4. The summed E-state index contributed by atoms with van der Waals surface area (Å²) in [5, 5.41) is 8.54. The van der Waals surface area contributed by atoms with E-state index in [9.17, 15) is 0 Å². The molecule has 3 rings (SSSR count). The number of methoxy groups -OCH3 is 1. The fourth-order valence-corrected chi connectivity index (χ4v) is 5.76. The van der Waals surface area contributed by atoms with Crippen molar-refractivity contribution in [3.05, 3.63) is 59.7 Å². The van der Waals surface area contributed by atoms with Gasteiger partial charge in [0.2, 0.25) is 0 Å². The Kier molecular flexibility index (Phi) is 8.76. The maximum absolute atomic E-state index is 8.54. The minimum atomic E-state index is 0.0675. The van der Waals surface area contributed by atoms with Gasteiger partial charge in [-0.15, -0.1) is 0 Å². The minimum Gasteiger partial charge on any atom is -0.378 e. The number of nitrogens with zero attached hydrogens (tertiary/aromatic N) is 1. The summed E-state index contributed by atoms with van der Waals surface area (Å²) in [5.41, 5.74) is 3.08. The summed E-state index contributed by atoms with van der Waals surface area (Å²) in [5.74, 6) is 2.59. The second kappa shape index (κ2) is 11.5. The Labute approximate surface area is 184 Å². The molecule has 2 fully saturated rings. The highest BCUT2D eigenvalue weighted by Crippen LogP contribution is 2.46. The van der Waals surface area contributed by atoms with Gasteiger partial charge in [-0.1, -0.05) is 49.4 Å². The van der Waals surface area contributed by atoms with Crippen LogP contribution in [0.25, 0.3) is 0 Å². The third-order valence-corrected chi connectivity index (χ3v) is 7.86. The molecule has 0 saturated heterocycles. The number of rotatable bonds is 8. The van der Waals surface area contributed by atoms with Crippen LogP contribution in [0.3, 0.4) is 0 Å². The van der Waals surface area contributed by atoms with Crippen molar-refractivity contribution >= 4 is 0 Å². The molecule has 0 atom stereocenters. The molecular formula is C28H39NO. The summed E-state index contributed by atoms with van der Waals surface area (Å²) < 4.78 is 6.03. The zero-order chi connectivity index (χ0) is 21.2. The minimum absolute atomic E-state index is 0.0675. The predicted octanol–water partition coefficient (Wildman–Crippen LogP) is 7.51. The van der Waals surface area contributed by atoms with E-state index in [-0.39, 0.29) is 5.60 Å². The van der Waals surface area contributed by atoms with Crippen LogP contribution in [0.2, 0.25) is 0 Å². The summed E-state index contributed by atoms with van der Waals surface area (Å²) in [4.78, 5) is 0. The molecule has 0 unspecified atom stereocenters. The van der Waals surface area contributed by atoms with E-state index in [2.05, 4.69) is 37.3 Å². The fourth-order valence-electron chi connectivity index (χ4n) is 5.76. The molecule has 2 aliphatic rings. The molecule has 2 saturated carbocycles. The number of allylic oxidation sites excluding steroid dienone is 4. The summed E-state index contributed by atoms with van der Waals surface area (Å²) >= 11 is 0. The van der Waals surface area contributed by atoms with Crippen LogP contribution in [0.1, 0.15) is 88.2 Å². The van der Waals surface area contributed by atoms with Crippen LogP contribution >= 0.6 is 0 Å². The number of aryl methyl sites for hydroxylation is 1. The lowest BCUT2D eigenvalue weighted by molar-refractivity contribution is -0.0614. The molecule has 2 nitrogen and oxygen atoms in total. The van der Waals surface area contributed by atoms with Crippen LogP contribution in [0.15, 0.2) is 48.6 Å². The Bertz CT molecular complexity index is 723. The van der Waals surface area contributed by atoms with Crippen molar-refractivity contribution in [2.24, 2.45) is 11.8 Å². The number of ether oxygens (including phenoxy) is 1. The van der Waals surface area contributed by atoms with E-state index in [1.165, 1.54) is 63.0 Å². The van der Waals surface area contributed by atoms with Crippen molar-refractivity contribution < 1.29 is 4.74 Å². The Morgan fingerprint density at radius 2 is 1.67 bits per heavy atom. The first-order valence-electron chi connectivity index (χ1n) is 12.0. The fraction of sp³-hybridized carbons (Fsp3) is 0.607. The molecule has 0 N–H and O–H groups in total. The van der Waals surface area contributed by atoms with Gasteiger partial charge in [-0.25, -0.2) is 0 Å². The molecule has 0 spiro atoms. The van der Waals surface area contributed by atoms with Crippen molar-refractivity contribution in [3.63, 3.8) is 0 Å². The van der Waals surface area contributed by atoms with Gasteiger partial charge in [0.15, 0.2) is 0 Å². The van der Waals surface area contributed by atoms with E-state index in [1.54, 1.807) is 5.56 Å². The predicted molar refractivity (Wildman–Crippen MR) is 125 cm³/mol. The first-order valence-corrected chi connectivity index (χ1v) is 12.0. The standard InChI is InChI=1S/C28H39NO/c1-3-23-9-11-24(12-10-23)25-13-15-26(16-14-25)27-17-20-28(30-2,21-18-27)19-7-5-4-6-8-22-29/h4-6,8-12,25-27H,3,7,13-21H2,1-2H3. The second-order valence-corrected chi connectivity index (χ2v) is 9.39. The van der Waals surface area contributed by atoms with Gasteiger partial charge in [-0.05, 0) is 99.5 Å². The van der Waals surface area contributed by atoms with E-state index < -0.39 is 0 Å². The lowest BCUT2D eigenvalue weighted by Crippen LogP contribution is -2.38. The highest BCUT2D eigenvalue weighted by Gasteiger charge is 2.38. The van der Waals surface area contributed by atoms with Crippen LogP contribution in [0, 0.1) is 23.2 Å². The Morgan fingerprint density at radius 3 is 2.27 bits per heavy atom. The molecule has 1 aromatic carbocycles. The van der Waals surface area contributed by atoms with E-state index in [0.29, 0.717) is 0 Å². The van der Waals surface area contributed by atoms with Gasteiger partial charge in [0.05, 0.1) is 11.7 Å². The first kappa shape index (κ1) is 22.8. The molecule has 30 heavy (non-hydrogen) atoms. The number of nitriles is 1. The zero-order valence-corrected chi connectivity index (χ0v) is 19.0. The smallest absolute Gasteiger partial charge is 0.0912 e. The van der Waals surface area contributed by atoms with E-state index in [0.717, 1.165) is 37.0 Å². The molecular weight excluding hydrogens is 366 g/mol. The summed E-state index contributed by atoms with van der Waals surface area (Å²) in [7, 11) is 1.90. The molecule has 2 aliphatic carbocycles. The molecule has 0 aromatic heterocycles. The molecule has 1 aromatic rings. The quantitative estimate of drug-likeness (QED) is 0.331. The molecule has 0 aliphatic heterocycles. The average molecular weight is 406 g/mol. The zero-order valence-electron chi connectivity index (χ0n) is 19.0. The normalized spacial score (nSPS) is 30.0. The maximum Gasteiger partial charge on any atom is 0.0912 e. The number of benzene rings is 1. The van der Waals surface area contributed by atoms with Crippen LogP contribution in [-0.4, -0.2) is 12.7 Å². The van der Waals surface area contributed by atoms with E-state index in [1.807, 2.05) is 25.3 Å². The second-order valence-electron chi connectivity index (χ2n) is 9.39. The number of hydrogen-bond donors (Lipinski definition) is 0. The van der Waals surface area contributed by atoms with Crippen LogP contribution in [0.5, 0.6) is 0 Å². The van der Waals surface area contributed by atoms with Crippen molar-refractivity contribution in [3.8, 4) is 6.07 Å². The van der Waals surface area contributed by atoms with Crippen molar-refractivity contribution in [1.82, 2.24) is 0 Å². The molecule has 0 heterocycles. The Morgan fingerprint density at radius 1 is 1.00 bits per heavy atom. The monoisotopic (exact) mass is 405 g/mol. The largest absolute Gasteiger partial charge is 0.378 e. The van der Waals surface area contributed by atoms with Crippen molar-refractivity contribution in [2.45, 2.75) is 89.1 Å². The summed E-state index contributed by atoms with van der Waals surface area (Å²) in [6.45, 7) is 2.23. The van der Waals surface area contributed by atoms with Crippen LogP contribution in [0.4, 0.5) is 0 Å². The van der Waals surface area contributed by atoms with Crippen molar-refractivity contribution in [1.29, 1.82) is 5.26 Å². The lowest BCUT2D eigenvalue weighted by Gasteiger charge is -2.43. The van der Waals surface area contributed by atoms with Gasteiger partial charge in [0.25, 0.3) is 0 Å². The van der Waals surface area contributed by atoms with Crippen LogP contribution in [-0.2, 0) is 11.2 Å². The van der Waals surface area contributed by atoms with E-state index >= 15 is 0 Å². The SMILES string of the molecule is CCc1ccc(C2CCC(C3CCC(CCC=CC=CC#N)(OC)CC3)CC2)cc1. The van der Waals surface area contributed by atoms with Gasteiger partial charge in [0, 0.05) is 13.2 Å². The molecule has 162 valence electrons. The van der Waals surface area contributed by atoms with Gasteiger partial charge in [0.1, 0.15) is 0 Å². The third-order valence-electron chi connectivity index (χ3n) is 7.86. The topological polar surface area (TPSA) is 33.0 Å². The van der Waals surface area contributed by atoms with Crippen LogP contribution < -0.4 is 0 Å². The highest BCUT2D eigenvalue weighted by atomic mass is 16.5. The molecule has 2 heteroatoms. The average Bonchev–Trinajstić information content (AvgIpc) is 2.82. The first-order chi connectivity index (χ1) is 14.7. The number of hydrogen-bond acceptors (Lipinski definition) is 2. The Hall–Kier alpha value is -1.85. The van der Waals surface area contributed by atoms with Crippen molar-refractivity contribution in [2.75, 3.05) is 7.11 Å². The van der Waals surface area contributed by atoms with E-state index in [4.69, 9.17) is 10.00 Å². The van der Waals surface area contributed by atoms with Gasteiger partial charge in [-0.2, -0.15) is 5.26 Å². The highest BCUT2D eigenvalue weighted by molar-refractivity contribution is 5.25. The third kappa shape index (κ3) is 6.08. The summed E-state index contributed by atoms with van der Waals surface area (Å²) in [6.07, 6.45) is 21.3. The molecule has 0 amide bonds. The maximum atomic E-state index is 8.54. The lowest BCUT2D eigenvalue weighted by atomic mass is 9.66. The van der Waals surface area contributed by atoms with Gasteiger partial charge < -0.3 is 4.74 Å². The Balaban J connectivity index is 1.44. The van der Waals surface area contributed by atoms with Gasteiger partial charge in [-0.3, -0.25) is 0 Å².